The van der Waals surface area contributed by atoms with Crippen molar-refractivity contribution in [2.45, 2.75) is 38.7 Å². The molecule has 0 bridgehead atoms. The van der Waals surface area contributed by atoms with Crippen molar-refractivity contribution >= 4 is 33.3 Å². The van der Waals surface area contributed by atoms with Crippen LogP contribution in [-0.2, 0) is 0 Å². The zero-order valence-corrected chi connectivity index (χ0v) is 13.4. The van der Waals surface area contributed by atoms with Crippen molar-refractivity contribution in [2.75, 3.05) is 29.9 Å². The molecule has 0 amide bonds. The maximum atomic E-state index is 10.3. The fourth-order valence-corrected chi connectivity index (χ4v) is 3.56. The molecule has 1 atom stereocenters. The van der Waals surface area contributed by atoms with Gasteiger partial charge in [-0.3, -0.25) is 0 Å². The molecule has 1 aliphatic heterocycles. The van der Waals surface area contributed by atoms with E-state index in [1.807, 2.05) is 6.92 Å². The molecule has 1 unspecified atom stereocenters. The molecule has 0 radical (unpaired) electrons. The maximum absolute atomic E-state index is 10.3. The van der Waals surface area contributed by atoms with E-state index in [2.05, 4.69) is 33.6 Å². The van der Waals surface area contributed by atoms with Gasteiger partial charge in [0.2, 0.25) is 5.95 Å². The summed E-state index contributed by atoms with van der Waals surface area (Å²) in [5.41, 5.74) is -0.636. The first kappa shape index (κ1) is 14.5. The third-order valence-corrected chi connectivity index (χ3v) is 4.62. The van der Waals surface area contributed by atoms with Crippen molar-refractivity contribution in [3.05, 3.63) is 11.4 Å². The number of fused-ring (bicyclic) bond motifs is 1. The highest BCUT2D eigenvalue weighted by atomic mass is 32.1. The van der Waals surface area contributed by atoms with Crippen molar-refractivity contribution in [3.63, 3.8) is 0 Å². The van der Waals surface area contributed by atoms with Crippen molar-refractivity contribution in [2.24, 2.45) is 0 Å². The molecule has 21 heavy (non-hydrogen) atoms. The van der Waals surface area contributed by atoms with Crippen molar-refractivity contribution in [1.82, 2.24) is 9.97 Å². The Morgan fingerprint density at radius 2 is 2.33 bits per heavy atom. The quantitative estimate of drug-likeness (QED) is 0.909. The average molecular weight is 306 g/mol. The van der Waals surface area contributed by atoms with Crippen LogP contribution in [0.4, 0.5) is 11.8 Å². The molecule has 0 saturated carbocycles. The Morgan fingerprint density at radius 1 is 1.48 bits per heavy atom. The van der Waals surface area contributed by atoms with Gasteiger partial charge in [-0.1, -0.05) is 6.92 Å². The molecule has 2 N–H and O–H groups in total. The van der Waals surface area contributed by atoms with Gasteiger partial charge in [0.1, 0.15) is 10.6 Å². The molecule has 0 aliphatic carbocycles. The normalized spacial score (nSPS) is 22.7. The molecular formula is C15H22N4OS. The van der Waals surface area contributed by atoms with E-state index >= 15 is 0 Å². The number of anilines is 2. The minimum atomic E-state index is -0.636. The van der Waals surface area contributed by atoms with Crippen LogP contribution in [0.2, 0.25) is 0 Å². The lowest BCUT2D eigenvalue weighted by atomic mass is 9.95. The molecule has 2 aromatic heterocycles. The second kappa shape index (κ2) is 5.77. The number of thiophene rings is 1. The van der Waals surface area contributed by atoms with E-state index in [0.29, 0.717) is 12.5 Å². The third-order valence-electron chi connectivity index (χ3n) is 3.81. The van der Waals surface area contributed by atoms with Gasteiger partial charge in [-0.2, -0.15) is 4.98 Å². The summed E-state index contributed by atoms with van der Waals surface area (Å²) in [6.45, 7) is 6.46. The van der Waals surface area contributed by atoms with Crippen molar-refractivity contribution in [1.29, 1.82) is 0 Å². The molecule has 1 saturated heterocycles. The lowest BCUT2D eigenvalue weighted by Gasteiger charge is -2.37. The van der Waals surface area contributed by atoms with Crippen molar-refractivity contribution in [3.8, 4) is 0 Å². The van der Waals surface area contributed by atoms with Crippen LogP contribution in [0.15, 0.2) is 11.4 Å². The van der Waals surface area contributed by atoms with Gasteiger partial charge in [0.05, 0.1) is 11.0 Å². The molecule has 114 valence electrons. The number of nitrogens with one attached hydrogen (secondary N) is 1. The standard InChI is InChI=1S/C15H22N4OS/c1-3-7-16-14-17-12(11-5-9-21-13(11)18-14)19-8-4-6-15(2,20)10-19/h5,9,20H,3-4,6-8,10H2,1-2H3,(H,16,17,18). The lowest BCUT2D eigenvalue weighted by Crippen LogP contribution is -2.46. The summed E-state index contributed by atoms with van der Waals surface area (Å²) < 4.78 is 0. The highest BCUT2D eigenvalue weighted by molar-refractivity contribution is 7.16. The van der Waals surface area contributed by atoms with Crippen LogP contribution < -0.4 is 10.2 Å². The van der Waals surface area contributed by atoms with Crippen LogP contribution in [0.3, 0.4) is 0 Å². The molecule has 2 aromatic rings. The summed E-state index contributed by atoms with van der Waals surface area (Å²) >= 11 is 1.63. The Morgan fingerprint density at radius 3 is 3.10 bits per heavy atom. The number of rotatable bonds is 4. The Balaban J connectivity index is 1.97. The number of aromatic nitrogens is 2. The Bertz CT molecular complexity index is 625. The SMILES string of the molecule is CCCNc1nc(N2CCCC(C)(O)C2)c2ccsc2n1. The Kier molecular flexibility index (Phi) is 3.99. The third kappa shape index (κ3) is 3.11. The van der Waals surface area contributed by atoms with E-state index in [1.165, 1.54) is 0 Å². The Hall–Kier alpha value is -1.40. The summed E-state index contributed by atoms with van der Waals surface area (Å²) in [4.78, 5) is 12.5. The highest BCUT2D eigenvalue weighted by Crippen LogP contribution is 2.32. The molecule has 1 fully saturated rings. The first-order valence-electron chi connectivity index (χ1n) is 7.55. The zero-order chi connectivity index (χ0) is 14.9. The summed E-state index contributed by atoms with van der Waals surface area (Å²) in [5, 5.41) is 16.7. The van der Waals surface area contributed by atoms with Crippen LogP contribution >= 0.6 is 11.3 Å². The fraction of sp³-hybridized carbons (Fsp3) is 0.600. The van der Waals surface area contributed by atoms with Crippen LogP contribution in [0.25, 0.3) is 10.2 Å². The van der Waals surface area contributed by atoms with E-state index in [1.54, 1.807) is 11.3 Å². The molecule has 5 nitrogen and oxygen atoms in total. The average Bonchev–Trinajstić information content (AvgIpc) is 2.91. The predicted molar refractivity (Wildman–Crippen MR) is 88.3 cm³/mol. The smallest absolute Gasteiger partial charge is 0.226 e. The van der Waals surface area contributed by atoms with Gasteiger partial charge in [-0.25, -0.2) is 4.98 Å². The lowest BCUT2D eigenvalue weighted by molar-refractivity contribution is 0.0448. The Labute approximate surface area is 129 Å². The molecule has 3 heterocycles. The van der Waals surface area contributed by atoms with Crippen LogP contribution in [0.1, 0.15) is 33.1 Å². The van der Waals surface area contributed by atoms with E-state index in [9.17, 15) is 5.11 Å². The first-order chi connectivity index (χ1) is 10.1. The molecule has 6 heteroatoms. The van der Waals surface area contributed by atoms with Crippen LogP contribution in [0.5, 0.6) is 0 Å². The maximum Gasteiger partial charge on any atom is 0.226 e. The van der Waals surface area contributed by atoms with E-state index in [-0.39, 0.29) is 0 Å². The predicted octanol–water partition coefficient (Wildman–Crippen LogP) is 2.86. The van der Waals surface area contributed by atoms with Gasteiger partial charge in [0, 0.05) is 19.6 Å². The van der Waals surface area contributed by atoms with Gasteiger partial charge in [0.15, 0.2) is 0 Å². The molecule has 0 spiro atoms. The van der Waals surface area contributed by atoms with E-state index in [4.69, 9.17) is 4.98 Å². The number of piperidine rings is 1. The van der Waals surface area contributed by atoms with E-state index in [0.717, 1.165) is 48.4 Å². The van der Waals surface area contributed by atoms with Crippen molar-refractivity contribution < 1.29 is 5.11 Å². The second-order valence-corrected chi connectivity index (χ2v) is 6.85. The monoisotopic (exact) mass is 306 g/mol. The molecule has 1 aliphatic rings. The van der Waals surface area contributed by atoms with Gasteiger partial charge in [-0.05, 0) is 37.6 Å². The summed E-state index contributed by atoms with van der Waals surface area (Å²) in [6.07, 6.45) is 2.88. The van der Waals surface area contributed by atoms with Gasteiger partial charge in [0.25, 0.3) is 0 Å². The first-order valence-corrected chi connectivity index (χ1v) is 8.43. The molecule has 3 rings (SSSR count). The summed E-state index contributed by atoms with van der Waals surface area (Å²) in [5.74, 6) is 1.63. The van der Waals surface area contributed by atoms with Crippen LogP contribution in [0, 0.1) is 0 Å². The number of hydrogen-bond donors (Lipinski definition) is 2. The van der Waals surface area contributed by atoms with Gasteiger partial charge >= 0.3 is 0 Å². The minimum Gasteiger partial charge on any atom is -0.388 e. The summed E-state index contributed by atoms with van der Waals surface area (Å²) in [7, 11) is 0. The zero-order valence-electron chi connectivity index (χ0n) is 12.6. The van der Waals surface area contributed by atoms with Crippen LogP contribution in [-0.4, -0.2) is 40.3 Å². The summed E-state index contributed by atoms with van der Waals surface area (Å²) in [6, 6.07) is 2.07. The van der Waals surface area contributed by atoms with Gasteiger partial charge < -0.3 is 15.3 Å². The second-order valence-electron chi connectivity index (χ2n) is 5.96. The van der Waals surface area contributed by atoms with E-state index < -0.39 is 5.60 Å². The number of nitrogens with zero attached hydrogens (tertiary/aromatic N) is 3. The molecular weight excluding hydrogens is 284 g/mol. The molecule has 0 aromatic carbocycles. The highest BCUT2D eigenvalue weighted by Gasteiger charge is 2.30. The number of aliphatic hydroxyl groups is 1. The topological polar surface area (TPSA) is 61.3 Å². The van der Waals surface area contributed by atoms with Gasteiger partial charge in [-0.15, -0.1) is 11.3 Å². The largest absolute Gasteiger partial charge is 0.388 e. The number of β-amino-alcohol motifs (C(OH)–C–C–N with tert-alkyl or cyclic N) is 1. The number of hydrogen-bond acceptors (Lipinski definition) is 6. The minimum absolute atomic E-state index is 0.627. The fourth-order valence-electron chi connectivity index (χ4n) is 2.80.